The molecule has 0 aliphatic carbocycles. The van der Waals surface area contributed by atoms with Crippen molar-refractivity contribution in [3.05, 3.63) is 87.5 Å². The summed E-state index contributed by atoms with van der Waals surface area (Å²) < 4.78 is 22.1. The van der Waals surface area contributed by atoms with Crippen LogP contribution in [0.15, 0.2) is 64.0 Å². The molecule has 6 heteroatoms. The normalized spacial score (nSPS) is 13.5. The lowest BCUT2D eigenvalue weighted by atomic mass is 9.98. The summed E-state index contributed by atoms with van der Waals surface area (Å²) in [5, 5.41) is 0. The number of hydrogen-bond acceptors (Lipinski definition) is 6. The molecule has 0 unspecified atom stereocenters. The van der Waals surface area contributed by atoms with Gasteiger partial charge in [0.05, 0.1) is 20.8 Å². The van der Waals surface area contributed by atoms with E-state index in [0.29, 0.717) is 18.9 Å². The molecule has 0 N–H and O–H groups in total. The van der Waals surface area contributed by atoms with Crippen LogP contribution in [-0.2, 0) is 26.1 Å². The van der Waals surface area contributed by atoms with Gasteiger partial charge in [-0.25, -0.2) is 0 Å². The third kappa shape index (κ3) is 4.49. The molecule has 4 rings (SSSR count). The van der Waals surface area contributed by atoms with Gasteiger partial charge in [0.15, 0.2) is 11.5 Å². The highest BCUT2D eigenvalue weighted by Crippen LogP contribution is 2.33. The molecule has 0 spiro atoms. The van der Waals surface area contributed by atoms with Gasteiger partial charge in [0, 0.05) is 19.2 Å². The van der Waals surface area contributed by atoms with Crippen LogP contribution in [0.5, 0.6) is 17.2 Å². The summed E-state index contributed by atoms with van der Waals surface area (Å²) in [6, 6.07) is 15.3. The van der Waals surface area contributed by atoms with Gasteiger partial charge in [-0.3, -0.25) is 9.69 Å². The molecule has 0 bridgehead atoms. The lowest BCUT2D eigenvalue weighted by molar-refractivity contribution is 0.219. The van der Waals surface area contributed by atoms with E-state index < -0.39 is 0 Å². The zero-order chi connectivity index (χ0) is 20.9. The topological polar surface area (TPSA) is 61.1 Å². The van der Waals surface area contributed by atoms with Crippen molar-refractivity contribution in [3.8, 4) is 17.2 Å². The van der Waals surface area contributed by atoms with Crippen LogP contribution >= 0.6 is 0 Å². The molecule has 2 heterocycles. The van der Waals surface area contributed by atoms with Crippen LogP contribution in [0, 0.1) is 0 Å². The standard InChI is InChI=1S/C24H25NO5/c1-27-22-10-18-8-9-25(13-19(18)11-23(22)28-2)14-20-12-21(26)24(16-29-20)30-15-17-6-4-3-5-7-17/h3-7,10-12,16H,8-9,13-15H2,1-2H3. The predicted octanol–water partition coefficient (Wildman–Crippen LogP) is 3.79. The Morgan fingerprint density at radius 3 is 2.40 bits per heavy atom. The number of nitrogens with zero attached hydrogens (tertiary/aromatic N) is 1. The van der Waals surface area contributed by atoms with Crippen molar-refractivity contribution < 1.29 is 18.6 Å². The monoisotopic (exact) mass is 407 g/mol. The molecule has 0 fully saturated rings. The fourth-order valence-corrected chi connectivity index (χ4v) is 3.66. The maximum atomic E-state index is 12.4. The van der Waals surface area contributed by atoms with E-state index in [-0.39, 0.29) is 11.2 Å². The highest BCUT2D eigenvalue weighted by Gasteiger charge is 2.20. The summed E-state index contributed by atoms with van der Waals surface area (Å²) in [5.41, 5.74) is 3.29. The van der Waals surface area contributed by atoms with Gasteiger partial charge >= 0.3 is 0 Å². The highest BCUT2D eigenvalue weighted by molar-refractivity contribution is 5.48. The van der Waals surface area contributed by atoms with Crippen molar-refractivity contribution in [1.82, 2.24) is 4.90 Å². The zero-order valence-corrected chi connectivity index (χ0v) is 17.2. The zero-order valence-electron chi connectivity index (χ0n) is 17.2. The number of ether oxygens (including phenoxy) is 3. The van der Waals surface area contributed by atoms with Crippen LogP contribution in [0.25, 0.3) is 0 Å². The summed E-state index contributed by atoms with van der Waals surface area (Å²) in [5.74, 6) is 2.32. The fourth-order valence-electron chi connectivity index (χ4n) is 3.66. The Labute approximate surface area is 175 Å². The molecule has 1 aromatic heterocycles. The third-order valence-electron chi connectivity index (χ3n) is 5.27. The molecule has 1 aliphatic heterocycles. The smallest absolute Gasteiger partial charge is 0.227 e. The number of fused-ring (bicyclic) bond motifs is 1. The number of hydrogen-bond donors (Lipinski definition) is 0. The Morgan fingerprint density at radius 1 is 0.967 bits per heavy atom. The van der Waals surface area contributed by atoms with Crippen molar-refractivity contribution in [2.24, 2.45) is 0 Å². The molecule has 0 saturated heterocycles. The van der Waals surface area contributed by atoms with Gasteiger partial charge in [0.25, 0.3) is 0 Å². The highest BCUT2D eigenvalue weighted by atomic mass is 16.5. The molecule has 30 heavy (non-hydrogen) atoms. The van der Waals surface area contributed by atoms with E-state index in [0.717, 1.165) is 36.6 Å². The number of methoxy groups -OCH3 is 2. The van der Waals surface area contributed by atoms with Gasteiger partial charge in [-0.05, 0) is 35.2 Å². The molecular weight excluding hydrogens is 382 g/mol. The molecule has 156 valence electrons. The van der Waals surface area contributed by atoms with E-state index in [1.165, 1.54) is 23.5 Å². The molecule has 0 radical (unpaired) electrons. The van der Waals surface area contributed by atoms with Crippen LogP contribution in [-0.4, -0.2) is 25.7 Å². The largest absolute Gasteiger partial charge is 0.493 e. The Morgan fingerprint density at radius 2 is 1.70 bits per heavy atom. The third-order valence-corrected chi connectivity index (χ3v) is 5.27. The van der Waals surface area contributed by atoms with Crippen LogP contribution in [0.1, 0.15) is 22.5 Å². The summed E-state index contributed by atoms with van der Waals surface area (Å²) in [6.07, 6.45) is 2.31. The fraction of sp³-hybridized carbons (Fsp3) is 0.292. The maximum absolute atomic E-state index is 12.4. The van der Waals surface area contributed by atoms with Crippen LogP contribution in [0.4, 0.5) is 0 Å². The lowest BCUT2D eigenvalue weighted by Crippen LogP contribution is -2.30. The van der Waals surface area contributed by atoms with Crippen molar-refractivity contribution >= 4 is 0 Å². The van der Waals surface area contributed by atoms with Crippen LogP contribution in [0.3, 0.4) is 0 Å². The average molecular weight is 407 g/mol. The second-order valence-corrected chi connectivity index (χ2v) is 7.29. The molecule has 6 nitrogen and oxygen atoms in total. The van der Waals surface area contributed by atoms with E-state index >= 15 is 0 Å². The van der Waals surface area contributed by atoms with Crippen molar-refractivity contribution in [2.75, 3.05) is 20.8 Å². The van der Waals surface area contributed by atoms with Crippen LogP contribution < -0.4 is 19.6 Å². The minimum Gasteiger partial charge on any atom is -0.493 e. The van der Waals surface area contributed by atoms with E-state index in [4.69, 9.17) is 18.6 Å². The Balaban J connectivity index is 1.41. The van der Waals surface area contributed by atoms with Gasteiger partial charge in [-0.2, -0.15) is 0 Å². The predicted molar refractivity (Wildman–Crippen MR) is 113 cm³/mol. The first-order chi connectivity index (χ1) is 14.7. The first-order valence-corrected chi connectivity index (χ1v) is 9.91. The quantitative estimate of drug-likeness (QED) is 0.594. The second-order valence-electron chi connectivity index (χ2n) is 7.29. The lowest BCUT2D eigenvalue weighted by Gasteiger charge is -2.29. The van der Waals surface area contributed by atoms with E-state index in [1.54, 1.807) is 14.2 Å². The maximum Gasteiger partial charge on any atom is 0.227 e. The summed E-state index contributed by atoms with van der Waals surface area (Å²) in [6.45, 7) is 2.52. The van der Waals surface area contributed by atoms with E-state index in [1.807, 2.05) is 42.5 Å². The van der Waals surface area contributed by atoms with Crippen molar-refractivity contribution in [1.29, 1.82) is 0 Å². The number of rotatable bonds is 7. The SMILES string of the molecule is COc1cc2c(cc1OC)CN(Cc1cc(=O)c(OCc3ccccc3)co1)CC2. The Hall–Kier alpha value is -3.25. The van der Waals surface area contributed by atoms with Gasteiger partial charge < -0.3 is 18.6 Å². The average Bonchev–Trinajstić information content (AvgIpc) is 2.78. The van der Waals surface area contributed by atoms with Crippen molar-refractivity contribution in [2.45, 2.75) is 26.1 Å². The van der Waals surface area contributed by atoms with Crippen molar-refractivity contribution in [3.63, 3.8) is 0 Å². The molecular formula is C24H25NO5. The first kappa shape index (κ1) is 20.0. The minimum atomic E-state index is -0.170. The van der Waals surface area contributed by atoms with Crippen LogP contribution in [0.2, 0.25) is 0 Å². The summed E-state index contributed by atoms with van der Waals surface area (Å²) in [7, 11) is 3.29. The molecule has 2 aromatic carbocycles. The van der Waals surface area contributed by atoms with Gasteiger partial charge in [-0.15, -0.1) is 0 Å². The molecule has 0 amide bonds. The molecule has 3 aromatic rings. The first-order valence-electron chi connectivity index (χ1n) is 9.91. The summed E-state index contributed by atoms with van der Waals surface area (Å²) >= 11 is 0. The summed E-state index contributed by atoms with van der Waals surface area (Å²) in [4.78, 5) is 14.7. The Kier molecular flexibility index (Phi) is 6.05. The second kappa shape index (κ2) is 9.05. The van der Waals surface area contributed by atoms with E-state index in [2.05, 4.69) is 4.90 Å². The molecule has 0 atom stereocenters. The minimum absolute atomic E-state index is 0.170. The van der Waals surface area contributed by atoms with Gasteiger partial charge in [0.2, 0.25) is 11.2 Å². The Bertz CT molecular complexity index is 1060. The number of benzene rings is 2. The van der Waals surface area contributed by atoms with Gasteiger partial charge in [0.1, 0.15) is 18.6 Å². The molecule has 1 aliphatic rings. The van der Waals surface area contributed by atoms with E-state index in [9.17, 15) is 4.79 Å². The van der Waals surface area contributed by atoms with Gasteiger partial charge in [-0.1, -0.05) is 30.3 Å². The molecule has 0 saturated carbocycles.